The molecule has 17 heavy (non-hydrogen) atoms. The Hall–Kier alpha value is -0.450. The van der Waals surface area contributed by atoms with E-state index >= 15 is 0 Å². The summed E-state index contributed by atoms with van der Waals surface area (Å²) >= 11 is 1.77. The van der Waals surface area contributed by atoms with E-state index in [4.69, 9.17) is 10.7 Å². The SMILES string of the molecule is CC1CN(Cc2csc(C(C)(C)C)n2)CC1N. The molecule has 2 heterocycles. The Bertz CT molecular complexity index is 370. The van der Waals surface area contributed by atoms with Crippen molar-refractivity contribution in [2.24, 2.45) is 11.7 Å². The van der Waals surface area contributed by atoms with Crippen molar-refractivity contribution in [3.8, 4) is 0 Å². The van der Waals surface area contributed by atoms with E-state index in [1.54, 1.807) is 11.3 Å². The van der Waals surface area contributed by atoms with Gasteiger partial charge in [-0.3, -0.25) is 4.90 Å². The van der Waals surface area contributed by atoms with E-state index in [1.807, 2.05) is 0 Å². The summed E-state index contributed by atoms with van der Waals surface area (Å²) in [7, 11) is 0. The number of rotatable bonds is 2. The normalized spacial score (nSPS) is 26.6. The van der Waals surface area contributed by atoms with Crippen LogP contribution in [0.3, 0.4) is 0 Å². The third-order valence-electron chi connectivity index (χ3n) is 3.33. The lowest BCUT2D eigenvalue weighted by Gasteiger charge is -2.15. The largest absolute Gasteiger partial charge is 0.326 e. The van der Waals surface area contributed by atoms with E-state index in [2.05, 4.69) is 38.0 Å². The summed E-state index contributed by atoms with van der Waals surface area (Å²) in [5.74, 6) is 0.607. The van der Waals surface area contributed by atoms with E-state index < -0.39 is 0 Å². The molecule has 0 bridgehead atoms. The monoisotopic (exact) mass is 253 g/mol. The number of hydrogen-bond donors (Lipinski definition) is 1. The lowest BCUT2D eigenvalue weighted by atomic mass is 9.98. The zero-order chi connectivity index (χ0) is 12.6. The Morgan fingerprint density at radius 3 is 2.65 bits per heavy atom. The van der Waals surface area contributed by atoms with Crippen LogP contribution in [0.4, 0.5) is 0 Å². The van der Waals surface area contributed by atoms with Crippen LogP contribution in [0, 0.1) is 5.92 Å². The second-order valence-corrected chi connectivity index (χ2v) is 7.09. The number of likely N-dealkylation sites (tertiary alicyclic amines) is 1. The quantitative estimate of drug-likeness (QED) is 0.879. The van der Waals surface area contributed by atoms with E-state index in [0.29, 0.717) is 12.0 Å². The van der Waals surface area contributed by atoms with E-state index in [9.17, 15) is 0 Å². The lowest BCUT2D eigenvalue weighted by molar-refractivity contribution is 0.315. The van der Waals surface area contributed by atoms with Gasteiger partial charge in [0.2, 0.25) is 0 Å². The van der Waals surface area contributed by atoms with Crippen LogP contribution in [0.1, 0.15) is 38.4 Å². The molecular formula is C13H23N3S. The smallest absolute Gasteiger partial charge is 0.0982 e. The van der Waals surface area contributed by atoms with E-state index in [0.717, 1.165) is 19.6 Å². The molecule has 2 atom stereocenters. The van der Waals surface area contributed by atoms with Crippen LogP contribution in [-0.2, 0) is 12.0 Å². The Morgan fingerprint density at radius 1 is 1.47 bits per heavy atom. The Kier molecular flexibility index (Phi) is 3.57. The number of nitrogens with zero attached hydrogens (tertiary/aromatic N) is 2. The molecule has 2 unspecified atom stereocenters. The minimum Gasteiger partial charge on any atom is -0.326 e. The van der Waals surface area contributed by atoms with E-state index in [-0.39, 0.29) is 5.41 Å². The molecule has 1 aromatic rings. The fourth-order valence-electron chi connectivity index (χ4n) is 2.18. The molecule has 0 spiro atoms. The van der Waals surface area contributed by atoms with Crippen molar-refractivity contribution in [1.29, 1.82) is 0 Å². The van der Waals surface area contributed by atoms with Crippen molar-refractivity contribution in [3.63, 3.8) is 0 Å². The van der Waals surface area contributed by atoms with Gasteiger partial charge in [0, 0.05) is 36.5 Å². The number of nitrogens with two attached hydrogens (primary N) is 1. The maximum absolute atomic E-state index is 6.04. The van der Waals surface area contributed by atoms with Crippen molar-refractivity contribution in [2.45, 2.75) is 45.7 Å². The molecule has 1 aromatic heterocycles. The van der Waals surface area contributed by atoms with Gasteiger partial charge in [-0.2, -0.15) is 0 Å². The van der Waals surface area contributed by atoms with Gasteiger partial charge in [-0.15, -0.1) is 11.3 Å². The zero-order valence-electron chi connectivity index (χ0n) is 11.2. The summed E-state index contributed by atoms with van der Waals surface area (Å²) < 4.78 is 0. The molecule has 1 aliphatic rings. The molecule has 0 aliphatic carbocycles. The van der Waals surface area contributed by atoms with Crippen molar-refractivity contribution < 1.29 is 0 Å². The van der Waals surface area contributed by atoms with Crippen LogP contribution < -0.4 is 5.73 Å². The van der Waals surface area contributed by atoms with Gasteiger partial charge >= 0.3 is 0 Å². The zero-order valence-corrected chi connectivity index (χ0v) is 12.0. The molecule has 1 aliphatic heterocycles. The highest BCUT2D eigenvalue weighted by atomic mass is 32.1. The fourth-order valence-corrected chi connectivity index (χ4v) is 3.08. The standard InChI is InChI=1S/C13H23N3S/c1-9-5-16(7-11(9)14)6-10-8-17-12(15-10)13(2,3)4/h8-9,11H,5-7,14H2,1-4H3. The van der Waals surface area contributed by atoms with Crippen LogP contribution >= 0.6 is 11.3 Å². The first-order chi connectivity index (χ1) is 7.86. The third-order valence-corrected chi connectivity index (χ3v) is 4.64. The highest BCUT2D eigenvalue weighted by molar-refractivity contribution is 7.09. The summed E-state index contributed by atoms with van der Waals surface area (Å²) in [6, 6.07) is 0.329. The maximum atomic E-state index is 6.04. The number of thiazole rings is 1. The second-order valence-electron chi connectivity index (χ2n) is 6.23. The van der Waals surface area contributed by atoms with Crippen molar-refractivity contribution >= 4 is 11.3 Å². The molecule has 0 radical (unpaired) electrons. The van der Waals surface area contributed by atoms with Gasteiger partial charge in [0.1, 0.15) is 0 Å². The van der Waals surface area contributed by atoms with Gasteiger partial charge in [-0.05, 0) is 5.92 Å². The molecule has 2 rings (SSSR count). The van der Waals surface area contributed by atoms with E-state index in [1.165, 1.54) is 10.7 Å². The van der Waals surface area contributed by atoms with Crippen molar-refractivity contribution in [1.82, 2.24) is 9.88 Å². The van der Waals surface area contributed by atoms with Gasteiger partial charge in [-0.1, -0.05) is 27.7 Å². The number of hydrogen-bond acceptors (Lipinski definition) is 4. The van der Waals surface area contributed by atoms with Gasteiger partial charge in [-0.25, -0.2) is 4.98 Å². The minimum atomic E-state index is 0.164. The second kappa shape index (κ2) is 4.67. The van der Waals surface area contributed by atoms with Gasteiger partial charge < -0.3 is 5.73 Å². The first kappa shape index (κ1) is 13.0. The first-order valence-electron chi connectivity index (χ1n) is 6.29. The Balaban J connectivity index is 1.98. The molecule has 1 saturated heterocycles. The Labute approximate surface area is 108 Å². The molecular weight excluding hydrogens is 230 g/mol. The molecule has 0 saturated carbocycles. The minimum absolute atomic E-state index is 0.164. The average molecular weight is 253 g/mol. The van der Waals surface area contributed by atoms with Gasteiger partial charge in [0.15, 0.2) is 0 Å². The van der Waals surface area contributed by atoms with Crippen molar-refractivity contribution in [3.05, 3.63) is 16.1 Å². The Morgan fingerprint density at radius 2 is 2.18 bits per heavy atom. The summed E-state index contributed by atoms with van der Waals surface area (Å²) in [4.78, 5) is 7.14. The van der Waals surface area contributed by atoms with Crippen LogP contribution in [0.2, 0.25) is 0 Å². The van der Waals surface area contributed by atoms with Gasteiger partial charge in [0.05, 0.1) is 10.7 Å². The molecule has 96 valence electrons. The fraction of sp³-hybridized carbons (Fsp3) is 0.769. The molecule has 0 aromatic carbocycles. The third kappa shape index (κ3) is 3.06. The van der Waals surface area contributed by atoms with Crippen LogP contribution in [0.15, 0.2) is 5.38 Å². The highest BCUT2D eigenvalue weighted by Crippen LogP contribution is 2.26. The molecule has 0 amide bonds. The lowest BCUT2D eigenvalue weighted by Crippen LogP contribution is -2.28. The topological polar surface area (TPSA) is 42.2 Å². The van der Waals surface area contributed by atoms with Crippen LogP contribution in [-0.4, -0.2) is 29.0 Å². The van der Waals surface area contributed by atoms with Gasteiger partial charge in [0.25, 0.3) is 0 Å². The summed E-state index contributed by atoms with van der Waals surface area (Å²) in [6.45, 7) is 11.9. The predicted octanol–water partition coefficient (Wildman–Crippen LogP) is 2.22. The first-order valence-corrected chi connectivity index (χ1v) is 7.17. The highest BCUT2D eigenvalue weighted by Gasteiger charge is 2.27. The summed E-state index contributed by atoms with van der Waals surface area (Å²) in [6.07, 6.45) is 0. The maximum Gasteiger partial charge on any atom is 0.0982 e. The molecule has 2 N–H and O–H groups in total. The molecule has 1 fully saturated rings. The molecule has 3 nitrogen and oxygen atoms in total. The predicted molar refractivity (Wildman–Crippen MR) is 73.2 cm³/mol. The average Bonchev–Trinajstić information content (AvgIpc) is 2.75. The van der Waals surface area contributed by atoms with Crippen LogP contribution in [0.5, 0.6) is 0 Å². The van der Waals surface area contributed by atoms with Crippen LogP contribution in [0.25, 0.3) is 0 Å². The number of aromatic nitrogens is 1. The van der Waals surface area contributed by atoms with Crippen molar-refractivity contribution in [2.75, 3.05) is 13.1 Å². The summed E-state index contributed by atoms with van der Waals surface area (Å²) in [5, 5.41) is 3.42. The summed E-state index contributed by atoms with van der Waals surface area (Å²) in [5.41, 5.74) is 7.40. The molecule has 4 heteroatoms.